The fourth-order valence-electron chi connectivity index (χ4n) is 3.46. The van der Waals surface area contributed by atoms with Crippen LogP contribution in [0, 0.1) is 11.7 Å². The molecule has 1 atom stereocenters. The standard InChI is InChI=1S/C19H22N4S2/c1-13-4-6-15(7-5-13)18-20-23(19(24)21(18)3)12-22-10-8-17-16(14(22)2)9-11-25-17/h4-7,9,11,14H,8,10,12H2,1-3H3. The second-order valence-corrected chi connectivity index (χ2v) is 8.08. The van der Waals surface area contributed by atoms with Gasteiger partial charge in [0.15, 0.2) is 10.6 Å². The van der Waals surface area contributed by atoms with Crippen molar-refractivity contribution in [1.29, 1.82) is 0 Å². The van der Waals surface area contributed by atoms with E-state index in [2.05, 4.69) is 54.5 Å². The van der Waals surface area contributed by atoms with Crippen molar-refractivity contribution in [1.82, 2.24) is 19.2 Å². The number of hydrogen-bond acceptors (Lipinski definition) is 4. The van der Waals surface area contributed by atoms with Crippen molar-refractivity contribution < 1.29 is 0 Å². The van der Waals surface area contributed by atoms with E-state index in [9.17, 15) is 0 Å². The van der Waals surface area contributed by atoms with E-state index in [0.717, 1.165) is 35.8 Å². The Bertz CT molecular complexity index is 949. The summed E-state index contributed by atoms with van der Waals surface area (Å²) in [6.07, 6.45) is 1.11. The topological polar surface area (TPSA) is 26.0 Å². The predicted molar refractivity (Wildman–Crippen MR) is 105 cm³/mol. The van der Waals surface area contributed by atoms with E-state index in [1.54, 1.807) is 0 Å². The summed E-state index contributed by atoms with van der Waals surface area (Å²) >= 11 is 7.52. The van der Waals surface area contributed by atoms with E-state index >= 15 is 0 Å². The van der Waals surface area contributed by atoms with Gasteiger partial charge in [0, 0.05) is 30.1 Å². The van der Waals surface area contributed by atoms with Crippen LogP contribution in [0.3, 0.4) is 0 Å². The lowest BCUT2D eigenvalue weighted by Crippen LogP contribution is -2.35. The maximum absolute atomic E-state index is 5.65. The van der Waals surface area contributed by atoms with Gasteiger partial charge in [-0.3, -0.25) is 4.90 Å². The zero-order valence-corrected chi connectivity index (χ0v) is 16.4. The highest BCUT2D eigenvalue weighted by molar-refractivity contribution is 7.71. The zero-order valence-electron chi connectivity index (χ0n) is 14.8. The van der Waals surface area contributed by atoms with Gasteiger partial charge in [0.05, 0.1) is 6.67 Å². The smallest absolute Gasteiger partial charge is 0.199 e. The van der Waals surface area contributed by atoms with Gasteiger partial charge >= 0.3 is 0 Å². The van der Waals surface area contributed by atoms with Crippen molar-refractivity contribution in [3.8, 4) is 11.4 Å². The molecule has 0 N–H and O–H groups in total. The van der Waals surface area contributed by atoms with Gasteiger partial charge < -0.3 is 4.57 Å². The van der Waals surface area contributed by atoms with Gasteiger partial charge in [0.1, 0.15) is 0 Å². The molecule has 0 saturated carbocycles. The monoisotopic (exact) mass is 370 g/mol. The molecule has 25 heavy (non-hydrogen) atoms. The lowest BCUT2D eigenvalue weighted by atomic mass is 10.0. The van der Waals surface area contributed by atoms with Crippen LogP contribution in [0.2, 0.25) is 0 Å². The molecule has 1 aliphatic rings. The Morgan fingerprint density at radius 2 is 2.00 bits per heavy atom. The fraction of sp³-hybridized carbons (Fsp3) is 0.368. The van der Waals surface area contributed by atoms with Gasteiger partial charge in [-0.1, -0.05) is 29.8 Å². The molecule has 1 aromatic carbocycles. The number of aryl methyl sites for hydroxylation is 1. The third-order valence-electron chi connectivity index (χ3n) is 5.07. The first-order valence-corrected chi connectivity index (χ1v) is 9.84. The van der Waals surface area contributed by atoms with Crippen molar-refractivity contribution in [2.45, 2.75) is 33.0 Å². The minimum Gasteiger partial charge on any atom is -0.303 e. The molecule has 3 aromatic rings. The average molecular weight is 371 g/mol. The molecule has 1 unspecified atom stereocenters. The lowest BCUT2D eigenvalue weighted by Gasteiger charge is -2.33. The van der Waals surface area contributed by atoms with Crippen molar-refractivity contribution in [2.24, 2.45) is 7.05 Å². The molecule has 2 aromatic heterocycles. The number of nitrogens with zero attached hydrogens (tertiary/aromatic N) is 4. The van der Waals surface area contributed by atoms with Crippen LogP contribution in [0.5, 0.6) is 0 Å². The Balaban J connectivity index is 1.63. The van der Waals surface area contributed by atoms with Gasteiger partial charge in [-0.25, -0.2) is 4.68 Å². The summed E-state index contributed by atoms with van der Waals surface area (Å²) in [6.45, 7) is 6.15. The number of benzene rings is 1. The predicted octanol–water partition coefficient (Wildman–Crippen LogP) is 4.56. The van der Waals surface area contributed by atoms with E-state index in [4.69, 9.17) is 17.3 Å². The summed E-state index contributed by atoms with van der Waals surface area (Å²) in [5, 5.41) is 7.02. The van der Waals surface area contributed by atoms with Crippen LogP contribution in [0.25, 0.3) is 11.4 Å². The summed E-state index contributed by atoms with van der Waals surface area (Å²) in [5.41, 5.74) is 3.81. The highest BCUT2D eigenvalue weighted by Gasteiger charge is 2.25. The zero-order chi connectivity index (χ0) is 17.6. The van der Waals surface area contributed by atoms with Crippen molar-refractivity contribution >= 4 is 23.6 Å². The summed E-state index contributed by atoms with van der Waals surface area (Å²) in [7, 11) is 2.00. The molecule has 3 heterocycles. The Kier molecular flexibility index (Phi) is 4.35. The Morgan fingerprint density at radius 1 is 1.24 bits per heavy atom. The first-order chi connectivity index (χ1) is 12.0. The quantitative estimate of drug-likeness (QED) is 0.632. The third-order valence-corrected chi connectivity index (χ3v) is 6.55. The summed E-state index contributed by atoms with van der Waals surface area (Å²) in [4.78, 5) is 3.98. The van der Waals surface area contributed by atoms with E-state index in [-0.39, 0.29) is 0 Å². The molecular weight excluding hydrogens is 348 g/mol. The van der Waals surface area contributed by atoms with Crippen molar-refractivity contribution in [3.63, 3.8) is 0 Å². The molecule has 0 amide bonds. The molecule has 0 spiro atoms. The third kappa shape index (κ3) is 2.99. The van der Waals surface area contributed by atoms with Crippen molar-refractivity contribution in [3.05, 3.63) is 56.5 Å². The normalized spacial score (nSPS) is 17.6. The first-order valence-electron chi connectivity index (χ1n) is 8.56. The molecule has 0 radical (unpaired) electrons. The number of thiophene rings is 1. The fourth-order valence-corrected chi connectivity index (χ4v) is 4.61. The van der Waals surface area contributed by atoms with E-state index in [1.165, 1.54) is 16.0 Å². The molecule has 0 saturated heterocycles. The second kappa shape index (κ2) is 6.52. The summed E-state index contributed by atoms with van der Waals surface area (Å²) in [6, 6.07) is 11.1. The maximum atomic E-state index is 5.65. The van der Waals surface area contributed by atoms with Gasteiger partial charge in [-0.05, 0) is 49.5 Å². The number of hydrogen-bond donors (Lipinski definition) is 0. The maximum Gasteiger partial charge on any atom is 0.199 e. The van der Waals surface area contributed by atoms with Gasteiger partial charge in [0.2, 0.25) is 0 Å². The Hall–Kier alpha value is -1.76. The van der Waals surface area contributed by atoms with Crippen LogP contribution in [-0.4, -0.2) is 25.8 Å². The highest BCUT2D eigenvalue weighted by atomic mass is 32.1. The first kappa shape index (κ1) is 16.7. The van der Waals surface area contributed by atoms with E-state index in [0.29, 0.717) is 6.04 Å². The van der Waals surface area contributed by atoms with Crippen LogP contribution >= 0.6 is 23.6 Å². The van der Waals surface area contributed by atoms with Crippen LogP contribution < -0.4 is 0 Å². The second-order valence-electron chi connectivity index (χ2n) is 6.71. The average Bonchev–Trinajstić information content (AvgIpc) is 3.19. The van der Waals surface area contributed by atoms with Crippen LogP contribution in [0.15, 0.2) is 35.7 Å². The SMILES string of the molecule is Cc1ccc(-c2nn(CN3CCc4sccc4C3C)c(=S)n2C)cc1. The molecular formula is C19H22N4S2. The molecule has 0 bridgehead atoms. The molecule has 0 fully saturated rings. The lowest BCUT2D eigenvalue weighted by molar-refractivity contribution is 0.144. The molecule has 6 heteroatoms. The molecule has 4 nitrogen and oxygen atoms in total. The highest BCUT2D eigenvalue weighted by Crippen LogP contribution is 2.33. The Morgan fingerprint density at radius 3 is 2.76 bits per heavy atom. The van der Waals surface area contributed by atoms with Gasteiger partial charge in [-0.15, -0.1) is 11.3 Å². The van der Waals surface area contributed by atoms with Crippen LogP contribution in [-0.2, 0) is 20.1 Å². The van der Waals surface area contributed by atoms with Crippen molar-refractivity contribution in [2.75, 3.05) is 6.54 Å². The van der Waals surface area contributed by atoms with Crippen LogP contribution in [0.4, 0.5) is 0 Å². The largest absolute Gasteiger partial charge is 0.303 e. The van der Waals surface area contributed by atoms with Crippen LogP contribution in [0.1, 0.15) is 29.0 Å². The molecule has 4 rings (SSSR count). The molecule has 1 aliphatic heterocycles. The number of aromatic nitrogens is 3. The van der Waals surface area contributed by atoms with Gasteiger partial charge in [-0.2, -0.15) is 5.10 Å². The number of fused-ring (bicyclic) bond motifs is 1. The van der Waals surface area contributed by atoms with Gasteiger partial charge in [0.25, 0.3) is 0 Å². The molecule has 0 aliphatic carbocycles. The summed E-state index contributed by atoms with van der Waals surface area (Å²) in [5.74, 6) is 0.922. The van der Waals surface area contributed by atoms with E-state index < -0.39 is 0 Å². The number of rotatable bonds is 3. The Labute approximate surface area is 157 Å². The minimum absolute atomic E-state index is 0.404. The minimum atomic E-state index is 0.404. The van der Waals surface area contributed by atoms with E-state index in [1.807, 2.05) is 27.6 Å². The summed E-state index contributed by atoms with van der Waals surface area (Å²) < 4.78 is 4.72. The molecule has 130 valence electrons.